The van der Waals surface area contributed by atoms with Gasteiger partial charge in [-0.3, -0.25) is 9.59 Å². The predicted molar refractivity (Wildman–Crippen MR) is 137 cm³/mol. The molecule has 0 spiro atoms. The third-order valence-corrected chi connectivity index (χ3v) is 5.68. The van der Waals surface area contributed by atoms with Crippen LogP contribution < -0.4 is 5.32 Å². The van der Waals surface area contributed by atoms with E-state index < -0.39 is 0 Å². The highest BCUT2D eigenvalue weighted by molar-refractivity contribution is 5.94. The van der Waals surface area contributed by atoms with Crippen LogP contribution in [0.3, 0.4) is 0 Å². The Morgan fingerprint density at radius 2 is 1.71 bits per heavy atom. The molecule has 1 heterocycles. The van der Waals surface area contributed by atoms with Gasteiger partial charge in [-0.25, -0.2) is 4.68 Å². The minimum absolute atomic E-state index is 0.0329. The van der Waals surface area contributed by atoms with Crippen molar-refractivity contribution in [3.05, 3.63) is 77.0 Å². The molecule has 0 aliphatic rings. The van der Waals surface area contributed by atoms with Crippen molar-refractivity contribution in [1.82, 2.24) is 14.7 Å². The SMILES string of the molecule is Cc1ccc(-n2nc(C(C)(C)C)cc2NC(=O)CN(Cc2ccccc2)C(=O)C(C)C)c(C)c1. The normalized spacial score (nSPS) is 11.5. The Labute approximate surface area is 203 Å². The topological polar surface area (TPSA) is 67.2 Å². The molecule has 0 radical (unpaired) electrons. The average molecular weight is 461 g/mol. The quantitative estimate of drug-likeness (QED) is 0.513. The number of hydrogen-bond donors (Lipinski definition) is 1. The van der Waals surface area contributed by atoms with Gasteiger partial charge in [-0.1, -0.05) is 82.6 Å². The maximum Gasteiger partial charge on any atom is 0.245 e. The van der Waals surface area contributed by atoms with Crippen LogP contribution in [0.5, 0.6) is 0 Å². The summed E-state index contributed by atoms with van der Waals surface area (Å²) in [4.78, 5) is 27.6. The van der Waals surface area contributed by atoms with Crippen LogP contribution in [-0.2, 0) is 21.5 Å². The van der Waals surface area contributed by atoms with Crippen LogP contribution in [0, 0.1) is 19.8 Å². The highest BCUT2D eigenvalue weighted by atomic mass is 16.2. The van der Waals surface area contributed by atoms with Gasteiger partial charge in [0.1, 0.15) is 12.4 Å². The maximum atomic E-state index is 13.2. The summed E-state index contributed by atoms with van der Waals surface area (Å²) < 4.78 is 1.79. The van der Waals surface area contributed by atoms with Crippen LogP contribution in [-0.4, -0.2) is 33.0 Å². The molecule has 6 nitrogen and oxygen atoms in total. The molecule has 0 aliphatic heterocycles. The lowest BCUT2D eigenvalue weighted by molar-refractivity contribution is -0.138. The zero-order valence-corrected chi connectivity index (χ0v) is 21.3. The summed E-state index contributed by atoms with van der Waals surface area (Å²) in [7, 11) is 0. The predicted octanol–water partition coefficient (Wildman–Crippen LogP) is 5.41. The van der Waals surface area contributed by atoms with Gasteiger partial charge in [0.05, 0.1) is 11.4 Å². The Kier molecular flexibility index (Phi) is 7.60. The first-order valence-electron chi connectivity index (χ1n) is 11.8. The smallest absolute Gasteiger partial charge is 0.245 e. The molecule has 1 aromatic heterocycles. The van der Waals surface area contributed by atoms with E-state index in [1.54, 1.807) is 9.58 Å². The van der Waals surface area contributed by atoms with Crippen molar-refractivity contribution in [2.45, 2.75) is 60.4 Å². The fourth-order valence-corrected chi connectivity index (χ4v) is 3.80. The van der Waals surface area contributed by atoms with Gasteiger partial charge in [-0.05, 0) is 31.0 Å². The number of aryl methyl sites for hydroxylation is 2. The second-order valence-electron chi connectivity index (χ2n) is 10.2. The number of amides is 2. The molecule has 0 unspecified atom stereocenters. The number of aromatic nitrogens is 2. The first kappa shape index (κ1) is 25.2. The summed E-state index contributed by atoms with van der Waals surface area (Å²) >= 11 is 0. The number of carbonyl (C=O) groups is 2. The molecular formula is C28H36N4O2. The molecule has 2 amide bonds. The van der Waals surface area contributed by atoms with E-state index in [-0.39, 0.29) is 29.7 Å². The molecule has 0 saturated heterocycles. The summed E-state index contributed by atoms with van der Waals surface area (Å²) in [6.45, 7) is 14.4. The molecule has 0 saturated carbocycles. The summed E-state index contributed by atoms with van der Waals surface area (Å²) in [6, 6.07) is 17.8. The highest BCUT2D eigenvalue weighted by Gasteiger charge is 2.24. The molecule has 0 bridgehead atoms. The number of benzene rings is 2. The third-order valence-electron chi connectivity index (χ3n) is 5.68. The van der Waals surface area contributed by atoms with Crippen molar-refractivity contribution < 1.29 is 9.59 Å². The van der Waals surface area contributed by atoms with Crippen LogP contribution in [0.4, 0.5) is 5.82 Å². The Morgan fingerprint density at radius 1 is 1.03 bits per heavy atom. The highest BCUT2D eigenvalue weighted by Crippen LogP contribution is 2.28. The first-order valence-corrected chi connectivity index (χ1v) is 11.8. The van der Waals surface area contributed by atoms with Gasteiger partial charge in [0, 0.05) is 23.9 Å². The zero-order chi connectivity index (χ0) is 25.0. The van der Waals surface area contributed by atoms with E-state index in [4.69, 9.17) is 5.10 Å². The standard InChI is InChI=1S/C28H36N4O2/c1-19(2)27(34)31(17-22-11-9-8-10-12-22)18-26(33)29-25-16-24(28(5,6)7)30-32(25)23-14-13-20(3)15-21(23)4/h8-16,19H,17-18H2,1-7H3,(H,29,33). The Hall–Kier alpha value is -3.41. The van der Waals surface area contributed by atoms with Gasteiger partial charge in [0.15, 0.2) is 0 Å². The van der Waals surface area contributed by atoms with Crippen LogP contribution in [0.15, 0.2) is 54.6 Å². The Bertz CT molecular complexity index is 1160. The number of hydrogen-bond acceptors (Lipinski definition) is 3. The van der Waals surface area contributed by atoms with Crippen LogP contribution in [0.2, 0.25) is 0 Å². The molecule has 6 heteroatoms. The second-order valence-corrected chi connectivity index (χ2v) is 10.2. The van der Waals surface area contributed by atoms with Gasteiger partial charge in [-0.2, -0.15) is 5.10 Å². The number of rotatable bonds is 7. The summed E-state index contributed by atoms with van der Waals surface area (Å²) in [6.07, 6.45) is 0. The molecule has 3 rings (SSSR count). The molecule has 34 heavy (non-hydrogen) atoms. The minimum atomic E-state index is -0.253. The van der Waals surface area contributed by atoms with E-state index >= 15 is 0 Å². The van der Waals surface area contributed by atoms with Crippen molar-refractivity contribution in [3.63, 3.8) is 0 Å². The third kappa shape index (κ3) is 6.13. The van der Waals surface area contributed by atoms with E-state index in [1.165, 1.54) is 5.56 Å². The lowest BCUT2D eigenvalue weighted by Gasteiger charge is -2.24. The van der Waals surface area contributed by atoms with Gasteiger partial charge in [-0.15, -0.1) is 0 Å². The van der Waals surface area contributed by atoms with Crippen molar-refractivity contribution in [1.29, 1.82) is 0 Å². The van der Waals surface area contributed by atoms with Crippen molar-refractivity contribution in [2.24, 2.45) is 5.92 Å². The molecule has 3 aromatic rings. The van der Waals surface area contributed by atoms with Crippen molar-refractivity contribution in [3.8, 4) is 5.69 Å². The van der Waals surface area contributed by atoms with E-state index in [0.29, 0.717) is 12.4 Å². The molecule has 2 aromatic carbocycles. The minimum Gasteiger partial charge on any atom is -0.329 e. The van der Waals surface area contributed by atoms with Gasteiger partial charge >= 0.3 is 0 Å². The van der Waals surface area contributed by atoms with Crippen LogP contribution in [0.25, 0.3) is 5.69 Å². The first-order chi connectivity index (χ1) is 16.0. The lowest BCUT2D eigenvalue weighted by atomic mass is 9.92. The summed E-state index contributed by atoms with van der Waals surface area (Å²) in [5, 5.41) is 7.85. The van der Waals surface area contributed by atoms with E-state index in [1.807, 2.05) is 69.3 Å². The average Bonchev–Trinajstić information content (AvgIpc) is 3.17. The fraction of sp³-hybridized carbons (Fsp3) is 0.393. The molecule has 180 valence electrons. The number of nitrogens with zero attached hydrogens (tertiary/aromatic N) is 3. The zero-order valence-electron chi connectivity index (χ0n) is 21.3. The van der Waals surface area contributed by atoms with Crippen LogP contribution >= 0.6 is 0 Å². The molecular weight excluding hydrogens is 424 g/mol. The Balaban J connectivity index is 1.90. The van der Waals surface area contributed by atoms with Gasteiger partial charge < -0.3 is 10.2 Å². The van der Waals surface area contributed by atoms with Crippen molar-refractivity contribution in [2.75, 3.05) is 11.9 Å². The van der Waals surface area contributed by atoms with Gasteiger partial charge in [0.25, 0.3) is 0 Å². The fourth-order valence-electron chi connectivity index (χ4n) is 3.80. The second kappa shape index (κ2) is 10.2. The van der Waals surface area contributed by atoms with E-state index in [2.05, 4.69) is 39.1 Å². The number of carbonyl (C=O) groups excluding carboxylic acids is 2. The van der Waals surface area contributed by atoms with Gasteiger partial charge in [0.2, 0.25) is 11.8 Å². The Morgan fingerprint density at radius 3 is 2.29 bits per heavy atom. The maximum absolute atomic E-state index is 13.2. The number of anilines is 1. The largest absolute Gasteiger partial charge is 0.329 e. The van der Waals surface area contributed by atoms with Crippen molar-refractivity contribution >= 4 is 17.6 Å². The number of nitrogens with one attached hydrogen (secondary N) is 1. The molecule has 0 aliphatic carbocycles. The molecule has 0 fully saturated rings. The molecule has 0 atom stereocenters. The lowest BCUT2D eigenvalue weighted by Crippen LogP contribution is -2.39. The van der Waals surface area contributed by atoms with Crippen LogP contribution in [0.1, 0.15) is 57.0 Å². The molecule has 1 N–H and O–H groups in total. The van der Waals surface area contributed by atoms with E-state index in [0.717, 1.165) is 22.5 Å². The summed E-state index contributed by atoms with van der Waals surface area (Å²) in [5.74, 6) is 0.0804. The summed E-state index contributed by atoms with van der Waals surface area (Å²) in [5.41, 5.74) is 4.83. The van der Waals surface area contributed by atoms with E-state index in [9.17, 15) is 9.59 Å². The monoisotopic (exact) mass is 460 g/mol.